The van der Waals surface area contributed by atoms with Gasteiger partial charge in [0.05, 0.1) is 7.11 Å². The molecule has 1 heterocycles. The first-order valence-electron chi connectivity index (χ1n) is 6.87. The Kier molecular flexibility index (Phi) is 5.32. The van der Waals surface area contributed by atoms with Crippen LogP contribution in [0.15, 0.2) is 30.0 Å². The van der Waals surface area contributed by atoms with E-state index in [1.807, 2.05) is 0 Å². The molecular weight excluding hydrogens is 304 g/mol. The highest BCUT2D eigenvalue weighted by atomic mass is 16.6. The Balaban J connectivity index is 2.01. The number of methoxy groups -OCH3 is 1. The van der Waals surface area contributed by atoms with E-state index in [1.165, 1.54) is 11.6 Å². The molecule has 0 unspecified atom stereocenters. The van der Waals surface area contributed by atoms with Gasteiger partial charge in [0.2, 0.25) is 5.91 Å². The highest BCUT2D eigenvalue weighted by Gasteiger charge is 2.35. The Labute approximate surface area is 132 Å². The highest BCUT2D eigenvalue weighted by Crippen LogP contribution is 2.21. The molecule has 1 aliphatic heterocycles. The van der Waals surface area contributed by atoms with Crippen LogP contribution in [0, 0.1) is 0 Å². The molecule has 2 N–H and O–H groups in total. The standard InChI is InChI=1S/C15H16N2O6/c1-22-11-6-4-10(5-7-11)9-12-14(19)17(15(20)23-12)8-2-3-13(18)16-21/h4-7,9,21H,2-3,8H2,1H3,(H,16,18)/b12-9-. The van der Waals surface area contributed by atoms with Crippen molar-refractivity contribution in [3.63, 3.8) is 0 Å². The summed E-state index contributed by atoms with van der Waals surface area (Å²) in [5.41, 5.74) is 2.17. The van der Waals surface area contributed by atoms with Gasteiger partial charge in [0, 0.05) is 13.0 Å². The van der Waals surface area contributed by atoms with Gasteiger partial charge >= 0.3 is 6.09 Å². The minimum Gasteiger partial charge on any atom is -0.497 e. The Bertz CT molecular complexity index is 638. The van der Waals surface area contributed by atoms with Crippen LogP contribution >= 0.6 is 0 Å². The molecule has 1 aromatic rings. The van der Waals surface area contributed by atoms with Gasteiger partial charge in [-0.05, 0) is 30.2 Å². The quantitative estimate of drug-likeness (QED) is 0.465. The Morgan fingerprint density at radius 3 is 2.65 bits per heavy atom. The molecule has 0 saturated carbocycles. The molecule has 1 saturated heterocycles. The van der Waals surface area contributed by atoms with Crippen molar-refractivity contribution in [1.82, 2.24) is 10.4 Å². The predicted octanol–water partition coefficient (Wildman–Crippen LogP) is 1.30. The number of hydrogen-bond donors (Lipinski definition) is 2. The molecule has 23 heavy (non-hydrogen) atoms. The summed E-state index contributed by atoms with van der Waals surface area (Å²) in [6.07, 6.45) is 0.896. The Morgan fingerprint density at radius 2 is 2.04 bits per heavy atom. The van der Waals surface area contributed by atoms with Crippen LogP contribution < -0.4 is 10.2 Å². The second-order valence-electron chi connectivity index (χ2n) is 4.75. The van der Waals surface area contributed by atoms with Crippen molar-refractivity contribution in [3.05, 3.63) is 35.6 Å². The van der Waals surface area contributed by atoms with Crippen LogP contribution in [-0.2, 0) is 14.3 Å². The van der Waals surface area contributed by atoms with Crippen LogP contribution in [0.3, 0.4) is 0 Å². The summed E-state index contributed by atoms with van der Waals surface area (Å²) in [7, 11) is 1.55. The molecule has 0 aromatic heterocycles. The molecule has 0 atom stereocenters. The summed E-state index contributed by atoms with van der Waals surface area (Å²) in [6, 6.07) is 6.89. The fraction of sp³-hybridized carbons (Fsp3) is 0.267. The van der Waals surface area contributed by atoms with E-state index in [9.17, 15) is 14.4 Å². The van der Waals surface area contributed by atoms with Gasteiger partial charge in [-0.1, -0.05) is 12.1 Å². The molecule has 3 amide bonds. The number of hydrogen-bond acceptors (Lipinski definition) is 6. The maximum atomic E-state index is 12.1. The zero-order chi connectivity index (χ0) is 16.8. The van der Waals surface area contributed by atoms with E-state index in [4.69, 9.17) is 14.7 Å². The molecule has 0 bridgehead atoms. The predicted molar refractivity (Wildman–Crippen MR) is 78.3 cm³/mol. The SMILES string of the molecule is COc1ccc(/C=C2\OC(=O)N(CCCC(=O)NO)C2=O)cc1. The normalized spacial score (nSPS) is 15.7. The van der Waals surface area contributed by atoms with E-state index in [0.717, 1.165) is 4.90 Å². The molecule has 1 aliphatic rings. The lowest BCUT2D eigenvalue weighted by atomic mass is 10.2. The van der Waals surface area contributed by atoms with Crippen LogP contribution in [0.4, 0.5) is 4.79 Å². The van der Waals surface area contributed by atoms with Crippen molar-refractivity contribution in [2.45, 2.75) is 12.8 Å². The lowest BCUT2D eigenvalue weighted by Gasteiger charge is -2.08. The number of hydroxylamine groups is 1. The van der Waals surface area contributed by atoms with Gasteiger partial charge in [-0.25, -0.2) is 15.2 Å². The molecule has 8 nitrogen and oxygen atoms in total. The first kappa shape index (κ1) is 16.5. The van der Waals surface area contributed by atoms with Gasteiger partial charge in [0.15, 0.2) is 5.76 Å². The van der Waals surface area contributed by atoms with Crippen molar-refractivity contribution in [2.24, 2.45) is 0 Å². The van der Waals surface area contributed by atoms with E-state index in [1.54, 1.807) is 31.4 Å². The number of cyclic esters (lactones) is 1. The second kappa shape index (κ2) is 7.41. The van der Waals surface area contributed by atoms with Gasteiger partial charge in [0.1, 0.15) is 5.75 Å². The van der Waals surface area contributed by atoms with Gasteiger partial charge in [-0.2, -0.15) is 0 Å². The first-order chi connectivity index (χ1) is 11.0. The molecule has 122 valence electrons. The van der Waals surface area contributed by atoms with E-state index in [0.29, 0.717) is 11.3 Å². The third-order valence-electron chi connectivity index (χ3n) is 3.20. The number of nitrogens with one attached hydrogen (secondary N) is 1. The number of imide groups is 1. The van der Waals surface area contributed by atoms with Crippen LogP contribution in [0.1, 0.15) is 18.4 Å². The largest absolute Gasteiger partial charge is 0.497 e. The molecule has 1 aromatic carbocycles. The number of benzene rings is 1. The summed E-state index contributed by atoms with van der Waals surface area (Å²) < 4.78 is 9.98. The molecule has 1 fully saturated rings. The number of amides is 3. The average Bonchev–Trinajstić information content (AvgIpc) is 2.82. The first-order valence-corrected chi connectivity index (χ1v) is 6.87. The van der Waals surface area contributed by atoms with Crippen LogP contribution in [-0.4, -0.2) is 41.7 Å². The van der Waals surface area contributed by atoms with Gasteiger partial charge < -0.3 is 9.47 Å². The lowest BCUT2D eigenvalue weighted by molar-refractivity contribution is -0.130. The lowest BCUT2D eigenvalue weighted by Crippen LogP contribution is -2.30. The average molecular weight is 320 g/mol. The Morgan fingerprint density at radius 1 is 1.35 bits per heavy atom. The molecule has 2 rings (SSSR count). The zero-order valence-corrected chi connectivity index (χ0v) is 12.4. The third kappa shape index (κ3) is 4.07. The second-order valence-corrected chi connectivity index (χ2v) is 4.75. The maximum Gasteiger partial charge on any atom is 0.422 e. The van der Waals surface area contributed by atoms with Crippen LogP contribution in [0.2, 0.25) is 0 Å². The van der Waals surface area contributed by atoms with Crippen LogP contribution in [0.5, 0.6) is 5.75 Å². The molecule has 0 spiro atoms. The van der Waals surface area contributed by atoms with Crippen LogP contribution in [0.25, 0.3) is 6.08 Å². The summed E-state index contributed by atoms with van der Waals surface area (Å²) in [5, 5.41) is 8.38. The van der Waals surface area contributed by atoms with E-state index in [2.05, 4.69) is 0 Å². The summed E-state index contributed by atoms with van der Waals surface area (Å²) >= 11 is 0. The fourth-order valence-corrected chi connectivity index (χ4v) is 2.00. The zero-order valence-electron chi connectivity index (χ0n) is 12.4. The topological polar surface area (TPSA) is 105 Å². The smallest absolute Gasteiger partial charge is 0.422 e. The third-order valence-corrected chi connectivity index (χ3v) is 3.20. The van der Waals surface area contributed by atoms with E-state index >= 15 is 0 Å². The molecule has 8 heteroatoms. The van der Waals surface area contributed by atoms with Crippen molar-refractivity contribution >= 4 is 24.0 Å². The molecule has 0 radical (unpaired) electrons. The van der Waals surface area contributed by atoms with Gasteiger partial charge in [-0.15, -0.1) is 0 Å². The number of nitrogens with zero attached hydrogens (tertiary/aromatic N) is 1. The number of rotatable bonds is 6. The van der Waals surface area contributed by atoms with Crippen molar-refractivity contribution in [1.29, 1.82) is 0 Å². The molecular formula is C15H16N2O6. The summed E-state index contributed by atoms with van der Waals surface area (Å²) in [6.45, 7) is 0.0328. The maximum absolute atomic E-state index is 12.1. The van der Waals surface area contributed by atoms with Crippen molar-refractivity contribution < 1.29 is 29.1 Å². The van der Waals surface area contributed by atoms with Crippen molar-refractivity contribution in [2.75, 3.05) is 13.7 Å². The minimum absolute atomic E-state index is 0.00884. The number of ether oxygens (including phenoxy) is 2. The Hall–Kier alpha value is -2.87. The molecule has 0 aliphatic carbocycles. The summed E-state index contributed by atoms with van der Waals surface area (Å²) in [5.74, 6) is -0.549. The van der Waals surface area contributed by atoms with Gasteiger partial charge in [0.25, 0.3) is 5.91 Å². The highest BCUT2D eigenvalue weighted by molar-refractivity contribution is 6.09. The monoisotopic (exact) mass is 320 g/mol. The van der Waals surface area contributed by atoms with E-state index in [-0.39, 0.29) is 25.1 Å². The number of carbonyl (C=O) groups is 3. The summed E-state index contributed by atoms with van der Waals surface area (Å²) in [4.78, 5) is 35.6. The number of carbonyl (C=O) groups excluding carboxylic acids is 3. The minimum atomic E-state index is -0.779. The fourth-order valence-electron chi connectivity index (χ4n) is 2.00. The van der Waals surface area contributed by atoms with Crippen molar-refractivity contribution in [3.8, 4) is 5.75 Å². The van der Waals surface area contributed by atoms with E-state index < -0.39 is 17.9 Å². The van der Waals surface area contributed by atoms with Gasteiger partial charge in [-0.3, -0.25) is 14.8 Å².